The van der Waals surface area contributed by atoms with Crippen LogP contribution in [0.1, 0.15) is 37.9 Å². The first kappa shape index (κ1) is 15.7. The molecule has 2 aliphatic rings. The highest BCUT2D eigenvalue weighted by atomic mass is 16.3. The molecule has 1 fully saturated rings. The number of aliphatic imine (C=N–C) groups is 1. The van der Waals surface area contributed by atoms with Crippen molar-refractivity contribution in [2.24, 2.45) is 10.9 Å². The summed E-state index contributed by atoms with van der Waals surface area (Å²) in [5.74, 6) is 0.110. The normalized spacial score (nSPS) is 23.8. The van der Waals surface area contributed by atoms with E-state index in [1.165, 1.54) is 6.42 Å². The molecule has 4 rings (SSSR count). The Morgan fingerprint density at radius 1 is 1.32 bits per heavy atom. The van der Waals surface area contributed by atoms with E-state index >= 15 is 0 Å². The van der Waals surface area contributed by atoms with Gasteiger partial charge in [-0.25, -0.2) is 9.67 Å². The van der Waals surface area contributed by atoms with E-state index in [1.54, 1.807) is 41.6 Å². The zero-order valence-electron chi connectivity index (χ0n) is 13.9. The van der Waals surface area contributed by atoms with Gasteiger partial charge in [-0.05, 0) is 37.1 Å². The molecule has 2 N–H and O–H groups in total. The molecule has 0 radical (unpaired) electrons. The Kier molecular flexibility index (Phi) is 4.13. The van der Waals surface area contributed by atoms with Gasteiger partial charge in [0.25, 0.3) is 5.79 Å². The van der Waals surface area contributed by atoms with E-state index in [9.17, 15) is 4.79 Å². The van der Waals surface area contributed by atoms with Crippen LogP contribution in [-0.4, -0.2) is 21.9 Å². The number of allylic oxidation sites excluding steroid dienone is 1. The molecule has 2 aromatic heterocycles. The van der Waals surface area contributed by atoms with Crippen LogP contribution in [0.5, 0.6) is 0 Å². The van der Waals surface area contributed by atoms with E-state index in [2.05, 4.69) is 20.7 Å². The van der Waals surface area contributed by atoms with Gasteiger partial charge in [-0.2, -0.15) is 5.10 Å². The van der Waals surface area contributed by atoms with Gasteiger partial charge in [0, 0.05) is 24.5 Å². The molecule has 0 aromatic carbocycles. The Balaban J connectivity index is 1.62. The summed E-state index contributed by atoms with van der Waals surface area (Å²) in [6.07, 6.45) is 13.8. The smallest absolute Gasteiger partial charge is 0.269 e. The average Bonchev–Trinajstić information content (AvgIpc) is 3.36. The van der Waals surface area contributed by atoms with E-state index < -0.39 is 5.79 Å². The van der Waals surface area contributed by atoms with Crippen molar-refractivity contribution in [3.63, 3.8) is 0 Å². The van der Waals surface area contributed by atoms with Gasteiger partial charge in [-0.3, -0.25) is 4.79 Å². The van der Waals surface area contributed by atoms with Gasteiger partial charge in [0.2, 0.25) is 5.91 Å². The first-order valence-electron chi connectivity index (χ1n) is 8.66. The summed E-state index contributed by atoms with van der Waals surface area (Å²) >= 11 is 0. The molecule has 25 heavy (non-hydrogen) atoms. The Hall–Kier alpha value is -2.83. The zero-order chi connectivity index (χ0) is 17.1. The summed E-state index contributed by atoms with van der Waals surface area (Å²) in [5.41, 5.74) is 0. The first-order valence-corrected chi connectivity index (χ1v) is 8.66. The van der Waals surface area contributed by atoms with Crippen LogP contribution in [0.3, 0.4) is 0 Å². The minimum absolute atomic E-state index is 0.00228. The lowest BCUT2D eigenvalue weighted by Crippen LogP contribution is -2.57. The molecule has 7 nitrogen and oxygen atoms in total. The van der Waals surface area contributed by atoms with Crippen LogP contribution >= 0.6 is 0 Å². The third kappa shape index (κ3) is 3.09. The second kappa shape index (κ2) is 6.58. The van der Waals surface area contributed by atoms with Crippen molar-refractivity contribution in [3.05, 3.63) is 48.7 Å². The summed E-state index contributed by atoms with van der Waals surface area (Å²) in [6.45, 7) is 0. The number of furan rings is 1. The third-order valence-corrected chi connectivity index (χ3v) is 4.72. The molecule has 130 valence electrons. The molecule has 1 atom stereocenters. The maximum Gasteiger partial charge on any atom is 0.269 e. The molecule has 1 aliphatic carbocycles. The average molecular weight is 339 g/mol. The first-order chi connectivity index (χ1) is 12.3. The minimum Gasteiger partial charge on any atom is -0.463 e. The van der Waals surface area contributed by atoms with Gasteiger partial charge in [0.05, 0.1) is 6.26 Å². The molecule has 1 saturated carbocycles. The molecule has 0 spiro atoms. The van der Waals surface area contributed by atoms with E-state index in [-0.39, 0.29) is 11.8 Å². The van der Waals surface area contributed by atoms with Crippen LogP contribution in [-0.2, 0) is 10.6 Å². The largest absolute Gasteiger partial charge is 0.463 e. The summed E-state index contributed by atoms with van der Waals surface area (Å²) < 4.78 is 7.27. The Bertz CT molecular complexity index is 773. The maximum atomic E-state index is 12.9. The van der Waals surface area contributed by atoms with Gasteiger partial charge in [0.15, 0.2) is 5.76 Å². The van der Waals surface area contributed by atoms with E-state index in [1.807, 2.05) is 12.3 Å². The predicted molar refractivity (Wildman–Crippen MR) is 93.2 cm³/mol. The fourth-order valence-corrected chi connectivity index (χ4v) is 3.40. The van der Waals surface area contributed by atoms with Gasteiger partial charge in [0.1, 0.15) is 5.82 Å². The van der Waals surface area contributed by atoms with Crippen LogP contribution in [0.15, 0.2) is 52.3 Å². The van der Waals surface area contributed by atoms with Gasteiger partial charge >= 0.3 is 0 Å². The standard InChI is InChI=1S/C18H21N5O2/c24-17(14-6-2-1-3-7-14)22-18(15-8-4-13-25-15)19-11-9-16(21-18)23-12-5-10-20-23/h4-5,8-14,21H,1-3,6-7H2,(H,22,24). The lowest BCUT2D eigenvalue weighted by molar-refractivity contribution is -0.128. The zero-order valence-corrected chi connectivity index (χ0v) is 13.9. The Morgan fingerprint density at radius 2 is 2.20 bits per heavy atom. The van der Waals surface area contributed by atoms with Crippen LogP contribution in [0.25, 0.3) is 5.82 Å². The molecular weight excluding hydrogens is 318 g/mol. The summed E-state index contributed by atoms with van der Waals surface area (Å²) in [5, 5.41) is 10.6. The number of nitrogens with zero attached hydrogens (tertiary/aromatic N) is 3. The Morgan fingerprint density at radius 3 is 2.92 bits per heavy atom. The number of hydrogen-bond acceptors (Lipinski definition) is 5. The molecule has 1 unspecified atom stereocenters. The van der Waals surface area contributed by atoms with Crippen molar-refractivity contribution in [2.75, 3.05) is 0 Å². The molecule has 0 saturated heterocycles. The van der Waals surface area contributed by atoms with Crippen molar-refractivity contribution in [1.29, 1.82) is 0 Å². The molecule has 2 aromatic rings. The number of carbonyl (C=O) groups excluding carboxylic acids is 1. The highest BCUT2D eigenvalue weighted by molar-refractivity contribution is 5.84. The van der Waals surface area contributed by atoms with Gasteiger partial charge in [-0.15, -0.1) is 0 Å². The monoisotopic (exact) mass is 339 g/mol. The third-order valence-electron chi connectivity index (χ3n) is 4.72. The number of aromatic nitrogens is 2. The van der Waals surface area contributed by atoms with Crippen molar-refractivity contribution in [1.82, 2.24) is 20.4 Å². The summed E-state index contributed by atoms with van der Waals surface area (Å²) in [6, 6.07) is 5.42. The predicted octanol–water partition coefficient (Wildman–Crippen LogP) is 2.46. The molecular formula is C18H21N5O2. The van der Waals surface area contributed by atoms with E-state index in [4.69, 9.17) is 4.42 Å². The van der Waals surface area contributed by atoms with Crippen molar-refractivity contribution >= 4 is 17.9 Å². The molecule has 1 aliphatic heterocycles. The Labute approximate surface area is 145 Å². The number of nitrogens with one attached hydrogen (secondary N) is 2. The van der Waals surface area contributed by atoms with Crippen molar-refractivity contribution in [2.45, 2.75) is 37.9 Å². The molecule has 1 amide bonds. The molecule has 3 heterocycles. The van der Waals surface area contributed by atoms with E-state index in [0.29, 0.717) is 11.6 Å². The lowest BCUT2D eigenvalue weighted by atomic mass is 9.88. The SMILES string of the molecule is O=C(NC1(c2ccco2)N=CC=C(n2cccn2)N1)C1CCCCC1. The number of carbonyl (C=O) groups is 1. The van der Waals surface area contributed by atoms with Crippen molar-refractivity contribution < 1.29 is 9.21 Å². The van der Waals surface area contributed by atoms with Crippen LogP contribution < -0.4 is 10.6 Å². The number of rotatable bonds is 4. The second-order valence-electron chi connectivity index (χ2n) is 6.42. The highest BCUT2D eigenvalue weighted by Crippen LogP contribution is 2.28. The molecule has 0 bridgehead atoms. The van der Waals surface area contributed by atoms with E-state index in [0.717, 1.165) is 25.7 Å². The molecule has 7 heteroatoms. The van der Waals surface area contributed by atoms with Crippen LogP contribution in [0.2, 0.25) is 0 Å². The quantitative estimate of drug-likeness (QED) is 0.896. The number of hydrogen-bond donors (Lipinski definition) is 2. The minimum atomic E-state index is -1.16. The van der Waals surface area contributed by atoms with Gasteiger partial charge in [-0.1, -0.05) is 19.3 Å². The topological polar surface area (TPSA) is 84.5 Å². The second-order valence-corrected chi connectivity index (χ2v) is 6.42. The lowest BCUT2D eigenvalue weighted by Gasteiger charge is -2.35. The van der Waals surface area contributed by atoms with Gasteiger partial charge < -0.3 is 15.1 Å². The van der Waals surface area contributed by atoms with Crippen LogP contribution in [0.4, 0.5) is 0 Å². The highest BCUT2D eigenvalue weighted by Gasteiger charge is 2.40. The van der Waals surface area contributed by atoms with Crippen LogP contribution in [0, 0.1) is 5.92 Å². The fraction of sp³-hybridized carbons (Fsp3) is 0.389. The fourth-order valence-electron chi connectivity index (χ4n) is 3.40. The maximum absolute atomic E-state index is 12.9. The number of amides is 1. The summed E-state index contributed by atoms with van der Waals surface area (Å²) in [4.78, 5) is 17.4. The summed E-state index contributed by atoms with van der Waals surface area (Å²) in [7, 11) is 0. The van der Waals surface area contributed by atoms with Crippen molar-refractivity contribution in [3.8, 4) is 0 Å².